The number of allylic oxidation sites excluding steroid dienone is 2. The minimum atomic E-state index is 0.186. The Bertz CT molecular complexity index is 231. The average Bonchev–Trinajstić information content (AvgIpc) is 2.12. The predicted molar refractivity (Wildman–Crippen MR) is 49.3 cm³/mol. The Morgan fingerprint density at radius 3 is 3.00 bits per heavy atom. The highest BCUT2D eigenvalue weighted by Crippen LogP contribution is 2.16. The Labute approximate surface area is 78.1 Å². The van der Waals surface area contributed by atoms with E-state index < -0.39 is 0 Å². The van der Waals surface area contributed by atoms with Crippen molar-refractivity contribution in [1.29, 1.82) is 0 Å². The van der Waals surface area contributed by atoms with E-state index in [0.29, 0.717) is 24.7 Å². The Balaban J connectivity index is 1.84. The molecule has 0 spiro atoms. The van der Waals surface area contributed by atoms with E-state index in [0.717, 1.165) is 25.9 Å². The summed E-state index contributed by atoms with van der Waals surface area (Å²) in [6, 6.07) is 0. The normalized spacial score (nSPS) is 22.9. The number of rotatable bonds is 3. The minimum absolute atomic E-state index is 0.186. The molecule has 2 aliphatic heterocycles. The molecule has 0 aliphatic carbocycles. The van der Waals surface area contributed by atoms with Crippen molar-refractivity contribution in [2.75, 3.05) is 19.7 Å². The SMILES string of the molecule is O=C(CC1CNC1)C1=CCCCO1. The van der Waals surface area contributed by atoms with E-state index in [4.69, 9.17) is 4.74 Å². The van der Waals surface area contributed by atoms with E-state index in [2.05, 4.69) is 5.32 Å². The highest BCUT2D eigenvalue weighted by molar-refractivity contribution is 5.93. The van der Waals surface area contributed by atoms with Gasteiger partial charge in [0, 0.05) is 6.42 Å². The molecule has 1 fully saturated rings. The molecule has 0 amide bonds. The molecule has 2 aliphatic rings. The first-order valence-corrected chi connectivity index (χ1v) is 4.93. The van der Waals surface area contributed by atoms with Crippen molar-refractivity contribution in [3.05, 3.63) is 11.8 Å². The molecule has 1 N–H and O–H groups in total. The van der Waals surface area contributed by atoms with Crippen LogP contribution in [0, 0.1) is 5.92 Å². The lowest BCUT2D eigenvalue weighted by molar-refractivity contribution is -0.120. The van der Waals surface area contributed by atoms with E-state index in [9.17, 15) is 4.79 Å². The molecule has 0 aromatic rings. The number of hydrogen-bond acceptors (Lipinski definition) is 3. The first kappa shape index (κ1) is 8.75. The van der Waals surface area contributed by atoms with Crippen LogP contribution >= 0.6 is 0 Å². The fourth-order valence-electron chi connectivity index (χ4n) is 1.61. The summed E-state index contributed by atoms with van der Waals surface area (Å²) in [5.74, 6) is 1.34. The maximum absolute atomic E-state index is 11.6. The molecule has 0 bridgehead atoms. The van der Waals surface area contributed by atoms with Crippen LogP contribution in [-0.2, 0) is 9.53 Å². The van der Waals surface area contributed by atoms with Gasteiger partial charge >= 0.3 is 0 Å². The number of ketones is 1. The second-order valence-corrected chi connectivity index (χ2v) is 3.71. The summed E-state index contributed by atoms with van der Waals surface area (Å²) >= 11 is 0. The smallest absolute Gasteiger partial charge is 0.197 e. The second kappa shape index (κ2) is 3.92. The maximum Gasteiger partial charge on any atom is 0.197 e. The number of carbonyl (C=O) groups excluding carboxylic acids is 1. The van der Waals surface area contributed by atoms with E-state index in [1.165, 1.54) is 0 Å². The molecule has 13 heavy (non-hydrogen) atoms. The molecule has 1 saturated heterocycles. The number of carbonyl (C=O) groups is 1. The van der Waals surface area contributed by atoms with Crippen molar-refractivity contribution in [1.82, 2.24) is 5.32 Å². The van der Waals surface area contributed by atoms with Crippen molar-refractivity contribution in [3.63, 3.8) is 0 Å². The summed E-state index contributed by atoms with van der Waals surface area (Å²) in [5, 5.41) is 3.16. The number of Topliss-reactive ketones (excluding diaryl/α,β-unsaturated/α-hetero) is 1. The van der Waals surface area contributed by atoms with Crippen LogP contribution in [0.1, 0.15) is 19.3 Å². The molecule has 2 rings (SSSR count). The van der Waals surface area contributed by atoms with Gasteiger partial charge in [0.1, 0.15) is 0 Å². The van der Waals surface area contributed by atoms with Gasteiger partial charge in [0.2, 0.25) is 0 Å². The van der Waals surface area contributed by atoms with Gasteiger partial charge in [-0.15, -0.1) is 0 Å². The lowest BCUT2D eigenvalue weighted by Crippen LogP contribution is -2.43. The third kappa shape index (κ3) is 2.10. The number of hydrogen-bond donors (Lipinski definition) is 1. The number of ether oxygens (including phenoxy) is 1. The Kier molecular flexibility index (Phi) is 2.64. The van der Waals surface area contributed by atoms with E-state index in [1.807, 2.05) is 6.08 Å². The third-order valence-corrected chi connectivity index (χ3v) is 2.55. The van der Waals surface area contributed by atoms with Crippen LogP contribution in [0.2, 0.25) is 0 Å². The monoisotopic (exact) mass is 181 g/mol. The second-order valence-electron chi connectivity index (χ2n) is 3.71. The summed E-state index contributed by atoms with van der Waals surface area (Å²) in [7, 11) is 0. The van der Waals surface area contributed by atoms with Gasteiger partial charge in [-0.2, -0.15) is 0 Å². The zero-order valence-electron chi connectivity index (χ0n) is 7.71. The van der Waals surface area contributed by atoms with Gasteiger partial charge in [0.05, 0.1) is 6.61 Å². The summed E-state index contributed by atoms with van der Waals surface area (Å²) < 4.78 is 5.30. The molecule has 0 unspecified atom stereocenters. The molecule has 0 aromatic carbocycles. The fraction of sp³-hybridized carbons (Fsp3) is 0.700. The predicted octanol–water partition coefficient (Wildman–Crippen LogP) is 0.859. The molecule has 72 valence electrons. The van der Waals surface area contributed by atoms with E-state index in [1.54, 1.807) is 0 Å². The van der Waals surface area contributed by atoms with Gasteiger partial charge < -0.3 is 10.1 Å². The zero-order valence-corrected chi connectivity index (χ0v) is 7.71. The van der Waals surface area contributed by atoms with Crippen molar-refractivity contribution in [2.45, 2.75) is 19.3 Å². The van der Waals surface area contributed by atoms with Crippen LogP contribution in [0.5, 0.6) is 0 Å². The quantitative estimate of drug-likeness (QED) is 0.701. The first-order chi connectivity index (χ1) is 6.36. The van der Waals surface area contributed by atoms with Crippen molar-refractivity contribution in [3.8, 4) is 0 Å². The standard InChI is InChI=1S/C10H15NO2/c12-9(5-8-6-11-7-8)10-3-1-2-4-13-10/h3,8,11H,1-2,4-7H2. The molecule has 3 heteroatoms. The molecule has 0 atom stereocenters. The molecule has 0 aromatic heterocycles. The summed E-state index contributed by atoms with van der Waals surface area (Å²) in [6.45, 7) is 2.68. The summed E-state index contributed by atoms with van der Waals surface area (Å²) in [6.07, 6.45) is 4.61. The van der Waals surface area contributed by atoms with E-state index >= 15 is 0 Å². The highest BCUT2D eigenvalue weighted by Gasteiger charge is 2.23. The van der Waals surface area contributed by atoms with Gasteiger partial charge in [0.25, 0.3) is 0 Å². The molecule has 2 heterocycles. The highest BCUT2D eigenvalue weighted by atomic mass is 16.5. The molecule has 0 saturated carbocycles. The van der Waals surface area contributed by atoms with Gasteiger partial charge in [0.15, 0.2) is 11.5 Å². The summed E-state index contributed by atoms with van der Waals surface area (Å²) in [5.41, 5.74) is 0. The van der Waals surface area contributed by atoms with Gasteiger partial charge in [-0.3, -0.25) is 4.79 Å². The van der Waals surface area contributed by atoms with Gasteiger partial charge in [-0.25, -0.2) is 0 Å². The van der Waals surface area contributed by atoms with E-state index in [-0.39, 0.29) is 5.78 Å². The average molecular weight is 181 g/mol. The Hall–Kier alpha value is -0.830. The summed E-state index contributed by atoms with van der Waals surface area (Å²) in [4.78, 5) is 11.6. The topological polar surface area (TPSA) is 38.3 Å². The Morgan fingerprint density at radius 2 is 2.46 bits per heavy atom. The maximum atomic E-state index is 11.6. The lowest BCUT2D eigenvalue weighted by atomic mass is 9.95. The first-order valence-electron chi connectivity index (χ1n) is 4.93. The van der Waals surface area contributed by atoms with Crippen LogP contribution in [-0.4, -0.2) is 25.5 Å². The molecule has 3 nitrogen and oxygen atoms in total. The lowest BCUT2D eigenvalue weighted by Gasteiger charge is -2.26. The minimum Gasteiger partial charge on any atom is -0.490 e. The van der Waals surface area contributed by atoms with Crippen LogP contribution < -0.4 is 5.32 Å². The fourth-order valence-corrected chi connectivity index (χ4v) is 1.61. The van der Waals surface area contributed by atoms with Crippen LogP contribution in [0.3, 0.4) is 0 Å². The van der Waals surface area contributed by atoms with Crippen molar-refractivity contribution in [2.24, 2.45) is 5.92 Å². The van der Waals surface area contributed by atoms with Crippen molar-refractivity contribution >= 4 is 5.78 Å². The largest absolute Gasteiger partial charge is 0.490 e. The van der Waals surface area contributed by atoms with Crippen LogP contribution in [0.25, 0.3) is 0 Å². The molecular weight excluding hydrogens is 166 g/mol. The van der Waals surface area contributed by atoms with Crippen LogP contribution in [0.15, 0.2) is 11.8 Å². The van der Waals surface area contributed by atoms with Gasteiger partial charge in [-0.1, -0.05) is 0 Å². The zero-order chi connectivity index (χ0) is 9.10. The Morgan fingerprint density at radius 1 is 1.62 bits per heavy atom. The number of nitrogens with one attached hydrogen (secondary N) is 1. The van der Waals surface area contributed by atoms with Crippen molar-refractivity contribution < 1.29 is 9.53 Å². The van der Waals surface area contributed by atoms with Crippen LogP contribution in [0.4, 0.5) is 0 Å². The molecule has 0 radical (unpaired) electrons. The molecular formula is C10H15NO2. The third-order valence-electron chi connectivity index (χ3n) is 2.55. The van der Waals surface area contributed by atoms with Gasteiger partial charge in [-0.05, 0) is 37.9 Å².